The van der Waals surface area contributed by atoms with E-state index in [-0.39, 0.29) is 0 Å². The Morgan fingerprint density at radius 3 is 2.11 bits per heavy atom. The highest BCUT2D eigenvalue weighted by molar-refractivity contribution is 5.25. The minimum atomic E-state index is 0.573. The second-order valence-electron chi connectivity index (χ2n) is 3.68. The van der Waals surface area contributed by atoms with Crippen LogP contribution < -0.4 is 5.73 Å². The van der Waals surface area contributed by atoms with Crippen LogP contribution >= 0.6 is 0 Å². The average molecular weight is 121 g/mol. The summed E-state index contributed by atoms with van der Waals surface area (Å²) >= 11 is 0. The maximum atomic E-state index is 5.85. The summed E-state index contributed by atoms with van der Waals surface area (Å²) in [7, 11) is 0. The first-order valence-electron chi connectivity index (χ1n) is 3.82. The number of nitrogens with two attached hydrogens (primary N) is 1. The molecule has 0 amide bonds. The van der Waals surface area contributed by atoms with Crippen LogP contribution in [0.4, 0.5) is 0 Å². The van der Waals surface area contributed by atoms with Gasteiger partial charge in [-0.3, -0.25) is 0 Å². The van der Waals surface area contributed by atoms with Crippen molar-refractivity contribution in [2.24, 2.45) is 29.4 Å². The average Bonchev–Trinajstić information content (AvgIpc) is 2.29. The Bertz CT molecular complexity index is 167. The van der Waals surface area contributed by atoms with E-state index in [1.54, 1.807) is 0 Å². The first kappa shape index (κ1) is 4.51. The van der Waals surface area contributed by atoms with Crippen LogP contribution in [-0.2, 0) is 0 Å². The summed E-state index contributed by atoms with van der Waals surface area (Å²) < 4.78 is 0. The van der Waals surface area contributed by atoms with E-state index in [0.717, 1.165) is 23.7 Å². The Morgan fingerprint density at radius 1 is 1.11 bits per heavy atom. The fourth-order valence-electron chi connectivity index (χ4n) is 2.85. The van der Waals surface area contributed by atoms with Crippen molar-refractivity contribution in [3.05, 3.63) is 12.2 Å². The Kier molecular flexibility index (Phi) is 0.552. The zero-order valence-electron chi connectivity index (χ0n) is 5.33. The summed E-state index contributed by atoms with van der Waals surface area (Å²) in [5.74, 6) is 3.57. The Labute approximate surface area is 54.9 Å². The molecule has 2 fully saturated rings. The highest BCUT2D eigenvalue weighted by Gasteiger charge is 2.61. The lowest BCUT2D eigenvalue weighted by atomic mass is 10.1. The van der Waals surface area contributed by atoms with E-state index in [4.69, 9.17) is 5.73 Å². The minimum absolute atomic E-state index is 0.573. The number of allylic oxidation sites excluding steroid dienone is 2. The number of fused-ring (bicyclic) bond motifs is 5. The maximum absolute atomic E-state index is 5.85. The summed E-state index contributed by atoms with van der Waals surface area (Å²) in [6.07, 6.45) is 6.17. The molecule has 0 aromatic carbocycles. The summed E-state index contributed by atoms with van der Waals surface area (Å²) in [6, 6.07) is 0.573. The third kappa shape index (κ3) is 0.351. The summed E-state index contributed by atoms with van der Waals surface area (Å²) in [5.41, 5.74) is 5.85. The van der Waals surface area contributed by atoms with Gasteiger partial charge in [-0.1, -0.05) is 12.2 Å². The Morgan fingerprint density at radius 2 is 1.67 bits per heavy atom. The molecule has 0 radical (unpaired) electrons. The van der Waals surface area contributed by atoms with Gasteiger partial charge < -0.3 is 5.73 Å². The second-order valence-corrected chi connectivity index (χ2v) is 3.68. The van der Waals surface area contributed by atoms with Crippen LogP contribution in [-0.4, -0.2) is 6.04 Å². The van der Waals surface area contributed by atoms with Gasteiger partial charge in [-0.2, -0.15) is 0 Å². The molecule has 0 aromatic rings. The highest BCUT2D eigenvalue weighted by atomic mass is 14.8. The highest BCUT2D eigenvalue weighted by Crippen LogP contribution is 2.61. The molecule has 1 unspecified atom stereocenters. The summed E-state index contributed by atoms with van der Waals surface area (Å²) in [4.78, 5) is 0. The molecule has 0 aromatic heterocycles. The third-order valence-corrected chi connectivity index (χ3v) is 3.33. The molecule has 2 saturated carbocycles. The van der Waals surface area contributed by atoms with Crippen molar-refractivity contribution in [1.82, 2.24) is 0 Å². The van der Waals surface area contributed by atoms with Gasteiger partial charge in [-0.15, -0.1) is 0 Å². The van der Waals surface area contributed by atoms with E-state index in [1.807, 2.05) is 0 Å². The molecule has 3 aliphatic carbocycles. The molecule has 3 rings (SSSR count). The molecule has 48 valence electrons. The Balaban J connectivity index is 2.03. The van der Waals surface area contributed by atoms with Crippen LogP contribution in [0.5, 0.6) is 0 Å². The summed E-state index contributed by atoms with van der Waals surface area (Å²) in [5, 5.41) is 0. The van der Waals surface area contributed by atoms with Gasteiger partial charge in [0, 0.05) is 6.04 Å². The molecule has 1 heteroatoms. The number of hydrogen-bond donors (Lipinski definition) is 1. The van der Waals surface area contributed by atoms with E-state index in [1.165, 1.54) is 6.42 Å². The van der Waals surface area contributed by atoms with Gasteiger partial charge in [-0.05, 0) is 30.1 Å². The van der Waals surface area contributed by atoms with Crippen molar-refractivity contribution in [2.45, 2.75) is 12.5 Å². The van der Waals surface area contributed by atoms with Gasteiger partial charge in [-0.25, -0.2) is 0 Å². The van der Waals surface area contributed by atoms with E-state index >= 15 is 0 Å². The van der Waals surface area contributed by atoms with E-state index in [2.05, 4.69) is 12.2 Å². The predicted octanol–water partition coefficient (Wildman–Crippen LogP) is 0.766. The molecule has 9 heavy (non-hydrogen) atoms. The third-order valence-electron chi connectivity index (χ3n) is 3.33. The van der Waals surface area contributed by atoms with Crippen molar-refractivity contribution in [3.8, 4) is 0 Å². The van der Waals surface area contributed by atoms with Gasteiger partial charge in [0.25, 0.3) is 0 Å². The number of rotatable bonds is 0. The fraction of sp³-hybridized carbons (Fsp3) is 0.750. The normalized spacial score (nSPS) is 66.6. The molecule has 2 N–H and O–H groups in total. The monoisotopic (exact) mass is 121 g/mol. The van der Waals surface area contributed by atoms with Crippen LogP contribution in [0.15, 0.2) is 12.2 Å². The van der Waals surface area contributed by atoms with Gasteiger partial charge in [0.1, 0.15) is 0 Å². The van der Waals surface area contributed by atoms with Crippen LogP contribution in [0.2, 0.25) is 0 Å². The molecule has 2 bridgehead atoms. The Hall–Kier alpha value is -0.300. The zero-order valence-corrected chi connectivity index (χ0v) is 5.33. The topological polar surface area (TPSA) is 26.0 Å². The molecule has 0 spiro atoms. The molecule has 0 saturated heterocycles. The lowest BCUT2D eigenvalue weighted by Gasteiger charge is -2.02. The molecule has 0 aliphatic heterocycles. The minimum Gasteiger partial charge on any atom is -0.327 e. The van der Waals surface area contributed by atoms with E-state index < -0.39 is 0 Å². The number of hydrogen-bond acceptors (Lipinski definition) is 1. The van der Waals surface area contributed by atoms with Crippen LogP contribution in [0.1, 0.15) is 6.42 Å². The smallest absolute Gasteiger partial charge is 0.0114 e. The standard InChI is InChI=1S/C8H11N/c9-8-6-4-1-2-5(3-4)7(6)8/h1-2,4-8H,3,9H2/t4-,5+,6-,7-,8?/m1/s1. The van der Waals surface area contributed by atoms with Crippen LogP contribution in [0.25, 0.3) is 0 Å². The lowest BCUT2D eigenvalue weighted by Crippen LogP contribution is -2.12. The molecule has 3 aliphatic rings. The lowest BCUT2D eigenvalue weighted by molar-refractivity contribution is 0.540. The van der Waals surface area contributed by atoms with Crippen LogP contribution in [0, 0.1) is 23.7 Å². The molecule has 0 heterocycles. The first-order chi connectivity index (χ1) is 4.38. The first-order valence-corrected chi connectivity index (χ1v) is 3.82. The SMILES string of the molecule is NC1[C@H]2[C@H]1[C@H]1C=C[C@@H]2C1. The van der Waals surface area contributed by atoms with Crippen molar-refractivity contribution in [3.63, 3.8) is 0 Å². The van der Waals surface area contributed by atoms with Crippen molar-refractivity contribution in [2.75, 3.05) is 0 Å². The van der Waals surface area contributed by atoms with Crippen molar-refractivity contribution < 1.29 is 0 Å². The van der Waals surface area contributed by atoms with Gasteiger partial charge in [0.2, 0.25) is 0 Å². The van der Waals surface area contributed by atoms with Crippen molar-refractivity contribution in [1.29, 1.82) is 0 Å². The van der Waals surface area contributed by atoms with E-state index in [0.29, 0.717) is 6.04 Å². The van der Waals surface area contributed by atoms with Crippen LogP contribution in [0.3, 0.4) is 0 Å². The fourth-order valence-corrected chi connectivity index (χ4v) is 2.85. The maximum Gasteiger partial charge on any atom is 0.0114 e. The zero-order chi connectivity index (χ0) is 6.01. The molecular weight excluding hydrogens is 110 g/mol. The van der Waals surface area contributed by atoms with Crippen molar-refractivity contribution >= 4 is 0 Å². The predicted molar refractivity (Wildman–Crippen MR) is 35.7 cm³/mol. The van der Waals surface area contributed by atoms with Gasteiger partial charge in [0.15, 0.2) is 0 Å². The quantitative estimate of drug-likeness (QED) is 0.470. The molecular formula is C8H11N. The molecule has 1 nitrogen and oxygen atoms in total. The largest absolute Gasteiger partial charge is 0.327 e. The van der Waals surface area contributed by atoms with Gasteiger partial charge in [0.05, 0.1) is 0 Å². The molecule has 5 atom stereocenters. The summed E-state index contributed by atoms with van der Waals surface area (Å²) in [6.45, 7) is 0. The second kappa shape index (κ2) is 1.10. The van der Waals surface area contributed by atoms with Gasteiger partial charge >= 0.3 is 0 Å². The van der Waals surface area contributed by atoms with E-state index in [9.17, 15) is 0 Å².